The molecule has 1 aromatic heterocycles. The van der Waals surface area contributed by atoms with Gasteiger partial charge in [-0.25, -0.2) is 4.98 Å². The van der Waals surface area contributed by atoms with Crippen LogP contribution in [0.15, 0.2) is 52.4 Å². The van der Waals surface area contributed by atoms with Crippen LogP contribution >= 0.6 is 11.8 Å². The molecule has 0 saturated carbocycles. The van der Waals surface area contributed by atoms with E-state index in [0.29, 0.717) is 66.8 Å². The fraction of sp³-hybridized carbons (Fsp3) is 0.375. The van der Waals surface area contributed by atoms with E-state index in [2.05, 4.69) is 0 Å². The maximum absolute atomic E-state index is 13.3. The molecule has 0 N–H and O–H groups in total. The van der Waals surface area contributed by atoms with Gasteiger partial charge in [-0.2, -0.15) is 0 Å². The fourth-order valence-electron chi connectivity index (χ4n) is 3.76. The van der Waals surface area contributed by atoms with Gasteiger partial charge >= 0.3 is 0 Å². The van der Waals surface area contributed by atoms with E-state index in [1.807, 2.05) is 36.4 Å². The van der Waals surface area contributed by atoms with Gasteiger partial charge in [0.15, 0.2) is 16.7 Å². The molecular formula is C24H27N3O5S. The zero-order valence-corrected chi connectivity index (χ0v) is 19.6. The van der Waals surface area contributed by atoms with Crippen LogP contribution in [0.2, 0.25) is 0 Å². The quantitative estimate of drug-likeness (QED) is 0.370. The second-order valence-electron chi connectivity index (χ2n) is 7.59. The number of aryl methyl sites for hydroxylation is 1. The Morgan fingerprint density at radius 2 is 1.85 bits per heavy atom. The molecule has 1 aliphatic rings. The highest BCUT2D eigenvalue weighted by atomic mass is 32.2. The molecule has 1 aliphatic heterocycles. The van der Waals surface area contributed by atoms with Crippen LogP contribution in [0.25, 0.3) is 10.9 Å². The van der Waals surface area contributed by atoms with Gasteiger partial charge in [0, 0.05) is 19.6 Å². The Balaban J connectivity index is 1.58. The first-order chi connectivity index (χ1) is 16.1. The lowest BCUT2D eigenvalue weighted by atomic mass is 10.1. The highest BCUT2D eigenvalue weighted by Gasteiger charge is 2.19. The second-order valence-corrected chi connectivity index (χ2v) is 8.53. The lowest BCUT2D eigenvalue weighted by Gasteiger charge is -2.26. The third-order valence-corrected chi connectivity index (χ3v) is 6.55. The molecule has 1 fully saturated rings. The van der Waals surface area contributed by atoms with Crippen LogP contribution in [0.4, 0.5) is 0 Å². The van der Waals surface area contributed by atoms with Crippen LogP contribution in [0.3, 0.4) is 0 Å². The van der Waals surface area contributed by atoms with Gasteiger partial charge in [0.25, 0.3) is 5.56 Å². The molecule has 0 aliphatic carbocycles. The van der Waals surface area contributed by atoms with Crippen LogP contribution in [0.1, 0.15) is 5.56 Å². The van der Waals surface area contributed by atoms with E-state index in [0.717, 1.165) is 5.56 Å². The summed E-state index contributed by atoms with van der Waals surface area (Å²) in [5, 5.41) is 1.11. The summed E-state index contributed by atoms with van der Waals surface area (Å²) in [5.74, 6) is 1.55. The Kier molecular flexibility index (Phi) is 7.51. The average molecular weight is 470 g/mol. The summed E-state index contributed by atoms with van der Waals surface area (Å²) < 4.78 is 17.7. The average Bonchev–Trinajstić information content (AvgIpc) is 2.87. The zero-order chi connectivity index (χ0) is 23.2. The van der Waals surface area contributed by atoms with E-state index >= 15 is 0 Å². The third kappa shape index (κ3) is 5.31. The first kappa shape index (κ1) is 23.1. The van der Waals surface area contributed by atoms with E-state index in [9.17, 15) is 9.59 Å². The van der Waals surface area contributed by atoms with E-state index in [1.165, 1.54) is 11.8 Å². The van der Waals surface area contributed by atoms with E-state index < -0.39 is 0 Å². The summed E-state index contributed by atoms with van der Waals surface area (Å²) in [7, 11) is 3.19. The number of aromatic nitrogens is 2. The van der Waals surface area contributed by atoms with Gasteiger partial charge in [0.2, 0.25) is 5.91 Å². The van der Waals surface area contributed by atoms with Gasteiger partial charge in [0.05, 0.1) is 44.1 Å². The summed E-state index contributed by atoms with van der Waals surface area (Å²) in [6, 6.07) is 13.0. The molecule has 0 radical (unpaired) electrons. The largest absolute Gasteiger partial charge is 0.493 e. The topological polar surface area (TPSA) is 82.9 Å². The number of fused-ring (bicyclic) bond motifs is 1. The lowest BCUT2D eigenvalue weighted by molar-refractivity contribution is -0.132. The van der Waals surface area contributed by atoms with Crippen molar-refractivity contribution in [2.75, 3.05) is 46.3 Å². The maximum atomic E-state index is 13.3. The molecule has 0 unspecified atom stereocenters. The van der Waals surface area contributed by atoms with E-state index in [1.54, 1.807) is 29.8 Å². The number of amides is 1. The number of methoxy groups -OCH3 is 2. The molecule has 2 aromatic carbocycles. The molecule has 4 rings (SSSR count). The number of carbonyl (C=O) groups is 1. The monoisotopic (exact) mass is 469 g/mol. The molecule has 3 aromatic rings. The Bertz CT molecular complexity index is 1190. The van der Waals surface area contributed by atoms with Crippen molar-refractivity contribution in [3.63, 3.8) is 0 Å². The minimum atomic E-state index is -0.109. The summed E-state index contributed by atoms with van der Waals surface area (Å²) in [4.78, 5) is 32.5. The molecule has 0 bridgehead atoms. The normalized spacial score (nSPS) is 13.8. The lowest BCUT2D eigenvalue weighted by Crippen LogP contribution is -2.41. The van der Waals surface area contributed by atoms with Gasteiger partial charge in [-0.15, -0.1) is 0 Å². The predicted molar refractivity (Wildman–Crippen MR) is 127 cm³/mol. The van der Waals surface area contributed by atoms with Crippen LogP contribution in [-0.4, -0.2) is 66.6 Å². The summed E-state index contributed by atoms with van der Waals surface area (Å²) in [6.45, 7) is 2.73. The number of hydrogen-bond donors (Lipinski definition) is 0. The third-order valence-electron chi connectivity index (χ3n) is 5.59. The van der Waals surface area contributed by atoms with Gasteiger partial charge in [-0.05, 0) is 36.2 Å². The summed E-state index contributed by atoms with van der Waals surface area (Å²) >= 11 is 1.30. The number of nitrogens with zero attached hydrogens (tertiary/aromatic N) is 3. The van der Waals surface area contributed by atoms with Crippen molar-refractivity contribution < 1.29 is 19.0 Å². The number of benzene rings is 2. The van der Waals surface area contributed by atoms with Gasteiger partial charge < -0.3 is 19.1 Å². The van der Waals surface area contributed by atoms with Crippen LogP contribution in [0.5, 0.6) is 11.5 Å². The predicted octanol–water partition coefficient (Wildman–Crippen LogP) is 2.61. The molecule has 9 heteroatoms. The van der Waals surface area contributed by atoms with Crippen molar-refractivity contribution in [3.05, 3.63) is 58.4 Å². The first-order valence-electron chi connectivity index (χ1n) is 10.8. The molecule has 0 spiro atoms. The van der Waals surface area contributed by atoms with Crippen molar-refractivity contribution in [3.8, 4) is 11.5 Å². The van der Waals surface area contributed by atoms with Crippen LogP contribution in [-0.2, 0) is 22.5 Å². The first-order valence-corrected chi connectivity index (χ1v) is 11.8. The zero-order valence-electron chi connectivity index (χ0n) is 18.8. The molecule has 33 heavy (non-hydrogen) atoms. The molecule has 0 atom stereocenters. The SMILES string of the molecule is COc1ccc(CCn2c(SCC(=O)N3CCOCC3)nc3ccccc3c2=O)cc1OC. The van der Waals surface area contributed by atoms with Gasteiger partial charge in [0.1, 0.15) is 0 Å². The number of para-hydroxylation sites is 1. The smallest absolute Gasteiger partial charge is 0.262 e. The molecule has 1 saturated heterocycles. The van der Waals surface area contributed by atoms with Crippen molar-refractivity contribution >= 4 is 28.6 Å². The molecule has 2 heterocycles. The minimum absolute atomic E-state index is 0.0251. The van der Waals surface area contributed by atoms with Crippen molar-refractivity contribution in [2.24, 2.45) is 0 Å². The number of rotatable bonds is 8. The van der Waals surface area contributed by atoms with Crippen molar-refractivity contribution in [2.45, 2.75) is 18.1 Å². The molecule has 174 valence electrons. The number of morpholine rings is 1. The highest BCUT2D eigenvalue weighted by Crippen LogP contribution is 2.28. The Labute approximate surface area is 196 Å². The second kappa shape index (κ2) is 10.7. The van der Waals surface area contributed by atoms with Crippen molar-refractivity contribution in [1.82, 2.24) is 14.5 Å². The van der Waals surface area contributed by atoms with Gasteiger partial charge in [-0.3, -0.25) is 14.2 Å². The van der Waals surface area contributed by atoms with Gasteiger partial charge in [-0.1, -0.05) is 30.0 Å². The fourth-order valence-corrected chi connectivity index (χ4v) is 4.69. The number of carbonyl (C=O) groups excluding carboxylic acids is 1. The molecular weight excluding hydrogens is 442 g/mol. The van der Waals surface area contributed by atoms with E-state index in [-0.39, 0.29) is 17.2 Å². The standard InChI is InChI=1S/C24H27N3O5S/c1-30-20-8-7-17(15-21(20)31-2)9-10-27-23(29)18-5-3-4-6-19(18)25-24(27)33-16-22(28)26-11-13-32-14-12-26/h3-8,15H,9-14,16H2,1-2H3. The molecule has 1 amide bonds. The minimum Gasteiger partial charge on any atom is -0.493 e. The van der Waals surface area contributed by atoms with Crippen LogP contribution < -0.4 is 15.0 Å². The van der Waals surface area contributed by atoms with Crippen LogP contribution in [0, 0.1) is 0 Å². The van der Waals surface area contributed by atoms with Crippen molar-refractivity contribution in [1.29, 1.82) is 0 Å². The molecule has 8 nitrogen and oxygen atoms in total. The summed E-state index contributed by atoms with van der Waals surface area (Å²) in [5.41, 5.74) is 1.53. The number of thioether (sulfide) groups is 1. The highest BCUT2D eigenvalue weighted by molar-refractivity contribution is 7.99. The Morgan fingerprint density at radius 3 is 2.61 bits per heavy atom. The maximum Gasteiger partial charge on any atom is 0.262 e. The summed E-state index contributed by atoms with van der Waals surface area (Å²) in [6.07, 6.45) is 0.602. The Morgan fingerprint density at radius 1 is 1.09 bits per heavy atom. The van der Waals surface area contributed by atoms with E-state index in [4.69, 9.17) is 19.2 Å². The number of ether oxygens (including phenoxy) is 3. The Hall–Kier alpha value is -3.04. The number of hydrogen-bond acceptors (Lipinski definition) is 7.